The van der Waals surface area contributed by atoms with Gasteiger partial charge in [-0.3, -0.25) is 4.90 Å². The first kappa shape index (κ1) is 23.2. The first-order chi connectivity index (χ1) is 13.1. The maximum atomic E-state index is 5.25. The lowest BCUT2D eigenvalue weighted by atomic mass is 10.6. The van der Waals surface area contributed by atoms with Crippen LogP contribution in [0.3, 0.4) is 0 Å². The molecule has 0 saturated heterocycles. The lowest BCUT2D eigenvalue weighted by Gasteiger charge is -2.24. The van der Waals surface area contributed by atoms with E-state index in [-0.39, 0.29) is 40.4 Å². The van der Waals surface area contributed by atoms with E-state index >= 15 is 0 Å². The van der Waals surface area contributed by atoms with E-state index in [4.69, 9.17) is 28.4 Å². The summed E-state index contributed by atoms with van der Waals surface area (Å²) in [6.07, 6.45) is 1.73. The molecule has 0 radical (unpaired) electrons. The Balaban J connectivity index is 3.38. The van der Waals surface area contributed by atoms with Gasteiger partial charge in [0.1, 0.15) is 26.9 Å². The number of anilines is 2. The van der Waals surface area contributed by atoms with Crippen LogP contribution in [-0.2, 0) is 28.4 Å². The van der Waals surface area contributed by atoms with Crippen LogP contribution in [-0.4, -0.2) is 93.1 Å². The molecule has 156 valence electrons. The van der Waals surface area contributed by atoms with Gasteiger partial charge in [0.15, 0.2) is 13.5 Å². The van der Waals surface area contributed by atoms with Gasteiger partial charge in [0, 0.05) is 47.4 Å². The molecule has 0 aliphatic heterocycles. The molecule has 1 rings (SSSR count). The van der Waals surface area contributed by atoms with Gasteiger partial charge in [-0.1, -0.05) is 0 Å². The van der Waals surface area contributed by atoms with Crippen molar-refractivity contribution in [3.05, 3.63) is 6.20 Å². The quantitative estimate of drug-likeness (QED) is 0.270. The van der Waals surface area contributed by atoms with Gasteiger partial charge in [0.05, 0.1) is 5.10 Å². The van der Waals surface area contributed by atoms with E-state index in [9.17, 15) is 0 Å². The highest BCUT2D eigenvalue weighted by Crippen LogP contribution is 2.13. The molecular formula is C15H31N6O6+. The number of hydrogen-bond donors (Lipinski definition) is 0. The van der Waals surface area contributed by atoms with E-state index < -0.39 is 0 Å². The minimum absolute atomic E-state index is 0.250. The van der Waals surface area contributed by atoms with Crippen molar-refractivity contribution in [2.45, 2.75) is 0 Å². The van der Waals surface area contributed by atoms with Crippen LogP contribution in [0.4, 0.5) is 11.8 Å². The van der Waals surface area contributed by atoms with Crippen LogP contribution in [0.15, 0.2) is 6.20 Å². The zero-order valence-corrected chi connectivity index (χ0v) is 17.0. The Kier molecular flexibility index (Phi) is 11.5. The summed E-state index contributed by atoms with van der Waals surface area (Å²) < 4.78 is 31.4. The molecule has 0 bridgehead atoms. The fourth-order valence-electron chi connectivity index (χ4n) is 2.21. The summed E-state index contributed by atoms with van der Waals surface area (Å²) in [5, 5.41) is 6.28. The summed E-state index contributed by atoms with van der Waals surface area (Å²) in [5.41, 5.74) is 0. The van der Waals surface area contributed by atoms with E-state index in [0.29, 0.717) is 11.8 Å². The Morgan fingerprint density at radius 2 is 1.15 bits per heavy atom. The van der Waals surface area contributed by atoms with Gasteiger partial charge in [-0.05, 0) is 0 Å². The van der Waals surface area contributed by atoms with Crippen LogP contribution < -0.4 is 19.6 Å². The fraction of sp³-hybridized carbons (Fsp3) is 0.800. The van der Waals surface area contributed by atoms with Crippen LogP contribution >= 0.6 is 0 Å². The highest BCUT2D eigenvalue weighted by atomic mass is 16.5. The highest BCUT2D eigenvalue weighted by molar-refractivity contribution is 5.39. The lowest BCUT2D eigenvalue weighted by Crippen LogP contribution is -2.62. The smallest absolute Gasteiger partial charge is 0.300 e. The molecule has 0 spiro atoms. The first-order valence-corrected chi connectivity index (χ1v) is 8.14. The third-order valence-corrected chi connectivity index (χ3v) is 3.23. The number of ether oxygens (including phenoxy) is 6. The average Bonchev–Trinajstić information content (AvgIpc) is 2.67. The van der Waals surface area contributed by atoms with E-state index in [1.165, 1.54) is 0 Å². The van der Waals surface area contributed by atoms with Crippen molar-refractivity contribution in [1.82, 2.24) is 10.1 Å². The number of aromatic nitrogens is 3. The second-order valence-electron chi connectivity index (χ2n) is 5.41. The number of hydrogen-bond acceptors (Lipinski definition) is 11. The molecule has 12 nitrogen and oxygen atoms in total. The molecule has 0 aliphatic carbocycles. The molecule has 1 aromatic heterocycles. The summed E-state index contributed by atoms with van der Waals surface area (Å²) in [4.78, 5) is 9.74. The monoisotopic (exact) mass is 391 g/mol. The zero-order valence-electron chi connectivity index (χ0n) is 17.0. The van der Waals surface area contributed by atoms with Gasteiger partial charge < -0.3 is 33.3 Å². The Hall–Kier alpha value is -1.83. The molecule has 0 aliphatic rings. The summed E-state index contributed by atoms with van der Waals surface area (Å²) in [5.74, 6) is 0.976. The van der Waals surface area contributed by atoms with E-state index in [1.807, 2.05) is 0 Å². The van der Waals surface area contributed by atoms with Gasteiger partial charge in [0.2, 0.25) is 5.82 Å². The largest absolute Gasteiger partial charge is 0.364 e. The molecule has 0 fully saturated rings. The highest BCUT2D eigenvalue weighted by Gasteiger charge is 2.25. The van der Waals surface area contributed by atoms with Crippen molar-refractivity contribution < 1.29 is 33.2 Å². The van der Waals surface area contributed by atoms with Crippen LogP contribution in [0.1, 0.15) is 0 Å². The SMILES string of the molecule is COCN(COC)c1c[n+](N(COC)COC)nc(N(COC)COC)n1. The first-order valence-electron chi connectivity index (χ1n) is 8.14. The van der Waals surface area contributed by atoms with Crippen molar-refractivity contribution in [2.75, 3.05) is 97.9 Å². The van der Waals surface area contributed by atoms with Gasteiger partial charge in [-0.2, -0.15) is 4.98 Å². The van der Waals surface area contributed by atoms with Crippen LogP contribution in [0.5, 0.6) is 0 Å². The minimum Gasteiger partial charge on any atom is -0.364 e. The van der Waals surface area contributed by atoms with Crippen molar-refractivity contribution in [3.63, 3.8) is 0 Å². The van der Waals surface area contributed by atoms with E-state index in [1.54, 1.807) is 68.5 Å². The van der Waals surface area contributed by atoms with Gasteiger partial charge in [0.25, 0.3) is 12.1 Å². The summed E-state index contributed by atoms with van der Waals surface area (Å²) >= 11 is 0. The van der Waals surface area contributed by atoms with Crippen LogP contribution in [0, 0.1) is 0 Å². The maximum absolute atomic E-state index is 5.25. The molecule has 0 aromatic carbocycles. The molecule has 0 amide bonds. The minimum atomic E-state index is 0.250. The second-order valence-corrected chi connectivity index (χ2v) is 5.41. The zero-order chi connectivity index (χ0) is 20.1. The Bertz CT molecular complexity index is 424. The summed E-state index contributed by atoms with van der Waals surface area (Å²) in [6, 6.07) is 0. The molecule has 1 heterocycles. The summed E-state index contributed by atoms with van der Waals surface area (Å²) in [7, 11) is 9.56. The van der Waals surface area contributed by atoms with Crippen molar-refractivity contribution in [2.24, 2.45) is 0 Å². The van der Waals surface area contributed by atoms with Crippen LogP contribution in [0.2, 0.25) is 0 Å². The normalized spacial score (nSPS) is 10.9. The molecular weight excluding hydrogens is 360 g/mol. The average molecular weight is 391 g/mol. The van der Waals surface area contributed by atoms with Crippen molar-refractivity contribution in [1.29, 1.82) is 0 Å². The number of methoxy groups -OCH3 is 6. The predicted molar refractivity (Wildman–Crippen MR) is 96.7 cm³/mol. The molecule has 0 saturated carbocycles. The molecule has 27 heavy (non-hydrogen) atoms. The van der Waals surface area contributed by atoms with Gasteiger partial charge in [-0.25, -0.2) is 0 Å². The van der Waals surface area contributed by atoms with Crippen LogP contribution in [0.25, 0.3) is 0 Å². The molecule has 0 N–H and O–H groups in total. The molecule has 1 aromatic rings. The molecule has 0 atom stereocenters. The Morgan fingerprint density at radius 3 is 1.59 bits per heavy atom. The van der Waals surface area contributed by atoms with Gasteiger partial charge >= 0.3 is 0 Å². The lowest BCUT2D eigenvalue weighted by molar-refractivity contribution is -0.755. The molecule has 12 heteroatoms. The van der Waals surface area contributed by atoms with E-state index in [2.05, 4.69) is 10.1 Å². The Morgan fingerprint density at radius 1 is 0.704 bits per heavy atom. The van der Waals surface area contributed by atoms with Crippen molar-refractivity contribution >= 4 is 11.8 Å². The second kappa shape index (κ2) is 13.4. The molecule has 0 unspecified atom stereocenters. The fourth-order valence-corrected chi connectivity index (χ4v) is 2.21. The van der Waals surface area contributed by atoms with Crippen molar-refractivity contribution in [3.8, 4) is 0 Å². The van der Waals surface area contributed by atoms with Gasteiger partial charge in [-0.15, -0.1) is 5.01 Å². The number of nitrogens with zero attached hydrogens (tertiary/aromatic N) is 6. The summed E-state index contributed by atoms with van der Waals surface area (Å²) in [6.45, 7) is 1.59. The Labute approximate surface area is 160 Å². The maximum Gasteiger partial charge on any atom is 0.300 e. The topological polar surface area (TPSA) is 94.8 Å². The number of rotatable bonds is 15. The van der Waals surface area contributed by atoms with E-state index in [0.717, 1.165) is 0 Å². The standard InChI is InChI=1S/C15H31N6O6/c1-22-8-18(9-23-2)14-7-21(20(12-26-5)13-27-6)17-15(16-14)19(10-24-3)11-25-4/h7H,8-13H2,1-6H3/q+1. The predicted octanol–water partition coefficient (Wildman–Crippen LogP) is -1.06. The third-order valence-electron chi connectivity index (χ3n) is 3.23. The third kappa shape index (κ3) is 7.36.